The molecule has 0 saturated heterocycles. The first-order valence-corrected chi connectivity index (χ1v) is 5.40. The van der Waals surface area contributed by atoms with Gasteiger partial charge in [0, 0.05) is 11.5 Å². The van der Waals surface area contributed by atoms with Gasteiger partial charge in [-0.2, -0.15) is 0 Å². The molecular weight excluding hydrogens is 224 g/mol. The molecule has 0 bridgehead atoms. The molecular formula is C12H14O5. The fourth-order valence-corrected chi connectivity index (χ4v) is 1.84. The maximum absolute atomic E-state index is 10.8. The van der Waals surface area contributed by atoms with Crippen LogP contribution in [0.4, 0.5) is 0 Å². The number of carbonyl (C=O) groups is 1. The van der Waals surface area contributed by atoms with Crippen molar-refractivity contribution in [1.82, 2.24) is 0 Å². The van der Waals surface area contributed by atoms with Crippen molar-refractivity contribution in [2.45, 2.75) is 18.9 Å². The van der Waals surface area contributed by atoms with Gasteiger partial charge < -0.3 is 19.7 Å². The monoisotopic (exact) mass is 238 g/mol. The second-order valence-electron chi connectivity index (χ2n) is 3.94. The van der Waals surface area contributed by atoms with E-state index in [4.69, 9.17) is 14.6 Å². The summed E-state index contributed by atoms with van der Waals surface area (Å²) in [7, 11) is 0. The summed E-state index contributed by atoms with van der Waals surface area (Å²) in [6, 6.07) is 5.26. The van der Waals surface area contributed by atoms with Crippen LogP contribution in [0, 0.1) is 0 Å². The highest BCUT2D eigenvalue weighted by Gasteiger charge is 2.28. The Hall–Kier alpha value is -1.75. The lowest BCUT2D eigenvalue weighted by atomic mass is 9.94. The Labute approximate surface area is 98.6 Å². The van der Waals surface area contributed by atoms with Crippen LogP contribution >= 0.6 is 0 Å². The van der Waals surface area contributed by atoms with Gasteiger partial charge in [-0.15, -0.1) is 0 Å². The quantitative estimate of drug-likeness (QED) is 0.821. The maximum atomic E-state index is 10.8. The first-order valence-electron chi connectivity index (χ1n) is 5.40. The first-order chi connectivity index (χ1) is 8.11. The molecule has 1 aliphatic heterocycles. The number of aliphatic hydroxyl groups is 1. The largest absolute Gasteiger partial charge is 0.486 e. The summed E-state index contributed by atoms with van der Waals surface area (Å²) < 4.78 is 10.9. The van der Waals surface area contributed by atoms with Gasteiger partial charge >= 0.3 is 5.97 Å². The second-order valence-corrected chi connectivity index (χ2v) is 3.94. The molecule has 0 saturated carbocycles. The first kappa shape index (κ1) is 11.7. The summed E-state index contributed by atoms with van der Waals surface area (Å²) >= 11 is 0. The standard InChI is InChI=1S/C12H14O5/c1-7(10(13)12(14)15)8-3-2-4-9-11(8)17-6-5-16-9/h2-4,7,10,13H,5-6H2,1H3,(H,14,15). The summed E-state index contributed by atoms with van der Waals surface area (Å²) in [5, 5.41) is 18.3. The molecule has 1 aromatic carbocycles. The number of para-hydroxylation sites is 1. The molecule has 0 amide bonds. The molecule has 1 aromatic rings. The van der Waals surface area contributed by atoms with Crippen molar-refractivity contribution in [2.24, 2.45) is 0 Å². The van der Waals surface area contributed by atoms with Gasteiger partial charge in [0.25, 0.3) is 0 Å². The molecule has 0 aliphatic carbocycles. The van der Waals surface area contributed by atoms with Gasteiger partial charge in [-0.3, -0.25) is 0 Å². The minimum Gasteiger partial charge on any atom is -0.486 e. The minimum absolute atomic E-state index is 0.430. The average molecular weight is 238 g/mol. The Morgan fingerprint density at radius 2 is 2.06 bits per heavy atom. The summed E-state index contributed by atoms with van der Waals surface area (Å²) in [5.74, 6) is -0.666. The van der Waals surface area contributed by atoms with E-state index in [0.717, 1.165) is 0 Å². The predicted molar refractivity (Wildman–Crippen MR) is 59.5 cm³/mol. The zero-order valence-electron chi connectivity index (χ0n) is 9.42. The summed E-state index contributed by atoms with van der Waals surface area (Å²) in [6.07, 6.45) is -1.45. The van der Waals surface area contributed by atoms with Crippen LogP contribution < -0.4 is 9.47 Å². The number of aliphatic hydroxyl groups excluding tert-OH is 1. The number of hydrogen-bond acceptors (Lipinski definition) is 4. The number of carboxylic acid groups (broad SMARTS) is 1. The van der Waals surface area contributed by atoms with Crippen molar-refractivity contribution in [2.75, 3.05) is 13.2 Å². The van der Waals surface area contributed by atoms with Crippen LogP contribution in [-0.4, -0.2) is 35.5 Å². The molecule has 17 heavy (non-hydrogen) atoms. The van der Waals surface area contributed by atoms with Gasteiger partial charge in [-0.05, 0) is 6.07 Å². The highest BCUT2D eigenvalue weighted by molar-refractivity contribution is 5.73. The lowest BCUT2D eigenvalue weighted by molar-refractivity contribution is -0.147. The van der Waals surface area contributed by atoms with Crippen LogP contribution in [0.1, 0.15) is 18.4 Å². The Morgan fingerprint density at radius 1 is 1.35 bits per heavy atom. The molecule has 0 radical (unpaired) electrons. The van der Waals surface area contributed by atoms with Crippen molar-refractivity contribution >= 4 is 5.97 Å². The summed E-state index contributed by atoms with van der Waals surface area (Å²) in [5.41, 5.74) is 0.650. The molecule has 2 atom stereocenters. The van der Waals surface area contributed by atoms with Crippen LogP contribution in [-0.2, 0) is 4.79 Å². The van der Waals surface area contributed by atoms with Gasteiger partial charge in [-0.1, -0.05) is 19.1 Å². The molecule has 2 N–H and O–H groups in total. The van der Waals surface area contributed by atoms with Gasteiger partial charge in [0.2, 0.25) is 0 Å². The minimum atomic E-state index is -1.45. The van der Waals surface area contributed by atoms with Crippen LogP contribution in [0.5, 0.6) is 11.5 Å². The number of benzene rings is 1. The van der Waals surface area contributed by atoms with Gasteiger partial charge in [-0.25, -0.2) is 4.79 Å². The van der Waals surface area contributed by atoms with Gasteiger partial charge in [0.1, 0.15) is 13.2 Å². The fourth-order valence-electron chi connectivity index (χ4n) is 1.84. The predicted octanol–water partition coefficient (Wildman–Crippen LogP) is 1.01. The normalized spacial score (nSPS) is 17.3. The third-order valence-corrected chi connectivity index (χ3v) is 2.81. The molecule has 1 heterocycles. The van der Waals surface area contributed by atoms with E-state index in [9.17, 15) is 9.90 Å². The third kappa shape index (κ3) is 2.19. The van der Waals surface area contributed by atoms with E-state index in [1.165, 1.54) is 0 Å². The molecule has 92 valence electrons. The van der Waals surface area contributed by atoms with Crippen LogP contribution in [0.25, 0.3) is 0 Å². The smallest absolute Gasteiger partial charge is 0.333 e. The molecule has 5 heteroatoms. The topological polar surface area (TPSA) is 76.0 Å². The van der Waals surface area contributed by atoms with E-state index in [2.05, 4.69) is 0 Å². The van der Waals surface area contributed by atoms with Gasteiger partial charge in [0.15, 0.2) is 17.6 Å². The fraction of sp³-hybridized carbons (Fsp3) is 0.417. The molecule has 1 aliphatic rings. The van der Waals surface area contributed by atoms with Crippen LogP contribution in [0.15, 0.2) is 18.2 Å². The van der Waals surface area contributed by atoms with E-state index in [0.29, 0.717) is 30.3 Å². The molecule has 2 rings (SSSR count). The van der Waals surface area contributed by atoms with Crippen molar-refractivity contribution in [1.29, 1.82) is 0 Å². The van der Waals surface area contributed by atoms with Crippen LogP contribution in [0.3, 0.4) is 0 Å². The van der Waals surface area contributed by atoms with E-state index < -0.39 is 18.0 Å². The zero-order chi connectivity index (χ0) is 12.4. The molecule has 5 nitrogen and oxygen atoms in total. The Bertz CT molecular complexity index is 429. The van der Waals surface area contributed by atoms with E-state index in [-0.39, 0.29) is 0 Å². The Balaban J connectivity index is 2.35. The van der Waals surface area contributed by atoms with E-state index >= 15 is 0 Å². The molecule has 2 unspecified atom stereocenters. The summed E-state index contributed by atoms with van der Waals surface area (Å²) in [4.78, 5) is 10.8. The number of carboxylic acids is 1. The highest BCUT2D eigenvalue weighted by atomic mass is 16.6. The average Bonchev–Trinajstić information content (AvgIpc) is 2.36. The van der Waals surface area contributed by atoms with Gasteiger partial charge in [0.05, 0.1) is 0 Å². The Morgan fingerprint density at radius 3 is 2.76 bits per heavy atom. The van der Waals surface area contributed by atoms with Crippen LogP contribution in [0.2, 0.25) is 0 Å². The van der Waals surface area contributed by atoms with Crippen molar-refractivity contribution < 1.29 is 24.5 Å². The molecule has 0 fully saturated rings. The number of fused-ring (bicyclic) bond motifs is 1. The van der Waals surface area contributed by atoms with E-state index in [1.54, 1.807) is 25.1 Å². The second kappa shape index (κ2) is 4.63. The lowest BCUT2D eigenvalue weighted by Crippen LogP contribution is -2.27. The number of rotatable bonds is 3. The maximum Gasteiger partial charge on any atom is 0.333 e. The molecule has 0 aromatic heterocycles. The van der Waals surface area contributed by atoms with Crippen molar-refractivity contribution in [3.05, 3.63) is 23.8 Å². The third-order valence-electron chi connectivity index (χ3n) is 2.81. The lowest BCUT2D eigenvalue weighted by Gasteiger charge is -2.24. The number of ether oxygens (including phenoxy) is 2. The zero-order valence-corrected chi connectivity index (χ0v) is 9.42. The van der Waals surface area contributed by atoms with Crippen molar-refractivity contribution in [3.8, 4) is 11.5 Å². The summed E-state index contributed by atoms with van der Waals surface area (Å²) in [6.45, 7) is 2.55. The Kier molecular flexibility index (Phi) is 3.19. The molecule has 0 spiro atoms. The SMILES string of the molecule is CC(c1cccc2c1OCCO2)C(O)C(=O)O. The van der Waals surface area contributed by atoms with Crippen molar-refractivity contribution in [3.63, 3.8) is 0 Å². The van der Waals surface area contributed by atoms with E-state index in [1.807, 2.05) is 0 Å². The number of aliphatic carboxylic acids is 1. The number of hydrogen-bond donors (Lipinski definition) is 2. The highest BCUT2D eigenvalue weighted by Crippen LogP contribution is 2.38.